The first-order valence-electron chi connectivity index (χ1n) is 7.46. The molecule has 2 aromatic rings. The normalized spacial score (nSPS) is 20.1. The molecule has 1 saturated heterocycles. The Hall–Kier alpha value is -2.01. The van der Waals surface area contributed by atoms with Gasteiger partial charge in [0.15, 0.2) is 0 Å². The molecule has 2 N–H and O–H groups in total. The number of carbonyl (C=O) groups excluding carboxylic acids is 1. The van der Waals surface area contributed by atoms with Gasteiger partial charge in [0.05, 0.1) is 11.0 Å². The maximum Gasteiger partial charge on any atom is 0.251 e. The van der Waals surface area contributed by atoms with Crippen molar-refractivity contribution in [3.63, 3.8) is 0 Å². The number of fused-ring (bicyclic) bond motifs is 1. The molecule has 1 amide bonds. The summed E-state index contributed by atoms with van der Waals surface area (Å²) >= 11 is 0. The number of amides is 1. The van der Waals surface area contributed by atoms with Gasteiger partial charge in [-0.25, -0.2) is 0 Å². The van der Waals surface area contributed by atoms with Crippen LogP contribution in [0.2, 0.25) is 0 Å². The summed E-state index contributed by atoms with van der Waals surface area (Å²) in [5, 5.41) is 6.49. The van der Waals surface area contributed by atoms with E-state index in [4.69, 9.17) is 0 Å². The smallest absolute Gasteiger partial charge is 0.251 e. The Kier molecular flexibility index (Phi) is 4.10. The molecule has 0 spiro atoms. The van der Waals surface area contributed by atoms with Gasteiger partial charge in [0.1, 0.15) is 0 Å². The molecule has 21 heavy (non-hydrogen) atoms. The van der Waals surface area contributed by atoms with Crippen LogP contribution < -0.4 is 10.6 Å². The lowest BCUT2D eigenvalue weighted by atomic mass is 9.92. The third-order valence-electron chi connectivity index (χ3n) is 4.13. The number of benzene rings is 1. The van der Waals surface area contributed by atoms with Gasteiger partial charge in [-0.05, 0) is 57.0 Å². The first kappa shape index (κ1) is 13.9. The van der Waals surface area contributed by atoms with E-state index in [2.05, 4.69) is 27.5 Å². The third-order valence-corrected chi connectivity index (χ3v) is 4.13. The second-order valence-electron chi connectivity index (χ2n) is 5.63. The van der Waals surface area contributed by atoms with Gasteiger partial charge in [-0.3, -0.25) is 14.8 Å². The van der Waals surface area contributed by atoms with Crippen molar-refractivity contribution in [2.75, 3.05) is 13.1 Å². The minimum atomic E-state index is -0.0411. The quantitative estimate of drug-likeness (QED) is 0.901. The van der Waals surface area contributed by atoms with E-state index in [1.54, 1.807) is 24.5 Å². The molecule has 0 bridgehead atoms. The molecule has 2 atom stereocenters. The average molecular weight is 284 g/mol. The molecule has 0 saturated carbocycles. The fraction of sp³-hybridized carbons (Fsp3) is 0.438. The number of nitrogens with zero attached hydrogens (tertiary/aromatic N) is 2. The lowest BCUT2D eigenvalue weighted by Crippen LogP contribution is -2.44. The molecule has 110 valence electrons. The number of rotatable bonds is 3. The van der Waals surface area contributed by atoms with Crippen LogP contribution in [0.3, 0.4) is 0 Å². The van der Waals surface area contributed by atoms with Gasteiger partial charge in [0.2, 0.25) is 0 Å². The van der Waals surface area contributed by atoms with Gasteiger partial charge < -0.3 is 10.6 Å². The monoisotopic (exact) mass is 284 g/mol. The fourth-order valence-electron chi connectivity index (χ4n) is 2.82. The second-order valence-corrected chi connectivity index (χ2v) is 5.63. The van der Waals surface area contributed by atoms with Gasteiger partial charge in [-0.2, -0.15) is 0 Å². The largest absolute Gasteiger partial charge is 0.349 e. The number of carbonyl (C=O) groups is 1. The zero-order valence-corrected chi connectivity index (χ0v) is 12.2. The predicted molar refractivity (Wildman–Crippen MR) is 82.1 cm³/mol. The molecule has 1 aromatic heterocycles. The highest BCUT2D eigenvalue weighted by molar-refractivity contribution is 5.97. The molecule has 1 aliphatic rings. The Morgan fingerprint density at radius 1 is 1.33 bits per heavy atom. The zero-order chi connectivity index (χ0) is 14.7. The lowest BCUT2D eigenvalue weighted by molar-refractivity contribution is 0.0922. The van der Waals surface area contributed by atoms with Crippen LogP contribution in [-0.4, -0.2) is 35.0 Å². The van der Waals surface area contributed by atoms with Gasteiger partial charge in [-0.1, -0.05) is 0 Å². The fourth-order valence-corrected chi connectivity index (χ4v) is 2.82. The molecular weight excluding hydrogens is 264 g/mol. The van der Waals surface area contributed by atoms with Gasteiger partial charge in [-0.15, -0.1) is 0 Å². The Morgan fingerprint density at radius 3 is 2.90 bits per heavy atom. The van der Waals surface area contributed by atoms with Gasteiger partial charge >= 0.3 is 0 Å². The summed E-state index contributed by atoms with van der Waals surface area (Å²) in [6.45, 7) is 4.14. The van der Waals surface area contributed by atoms with Crippen LogP contribution >= 0.6 is 0 Å². The maximum atomic E-state index is 12.4. The first-order valence-corrected chi connectivity index (χ1v) is 7.46. The molecule has 1 aliphatic heterocycles. The molecule has 2 unspecified atom stereocenters. The molecule has 0 radical (unpaired) electrons. The SMILES string of the molecule is CC(NC(=O)c1ccc2nccnc2c1)C1CCCNC1. The van der Waals surface area contributed by atoms with E-state index >= 15 is 0 Å². The summed E-state index contributed by atoms with van der Waals surface area (Å²) < 4.78 is 0. The summed E-state index contributed by atoms with van der Waals surface area (Å²) in [6, 6.07) is 5.61. The summed E-state index contributed by atoms with van der Waals surface area (Å²) in [6.07, 6.45) is 5.63. The van der Waals surface area contributed by atoms with Crippen molar-refractivity contribution in [1.82, 2.24) is 20.6 Å². The highest BCUT2D eigenvalue weighted by Crippen LogP contribution is 2.15. The molecule has 5 heteroatoms. The molecule has 1 fully saturated rings. The van der Waals surface area contributed by atoms with E-state index in [0.29, 0.717) is 11.5 Å². The van der Waals surface area contributed by atoms with Crippen molar-refractivity contribution in [1.29, 1.82) is 0 Å². The number of hydrogen-bond donors (Lipinski definition) is 2. The Morgan fingerprint density at radius 2 is 2.14 bits per heavy atom. The number of piperidine rings is 1. The van der Waals surface area contributed by atoms with Crippen molar-refractivity contribution in [2.24, 2.45) is 5.92 Å². The molecular formula is C16H20N4O. The minimum absolute atomic E-state index is 0.0411. The standard InChI is InChI=1S/C16H20N4O/c1-11(13-3-2-6-17-10-13)20-16(21)12-4-5-14-15(9-12)19-8-7-18-14/h4-5,7-9,11,13,17H,2-3,6,10H2,1H3,(H,20,21). The second kappa shape index (κ2) is 6.18. The van der Waals surface area contributed by atoms with Crippen LogP contribution in [0.1, 0.15) is 30.1 Å². The summed E-state index contributed by atoms with van der Waals surface area (Å²) in [7, 11) is 0. The van der Waals surface area contributed by atoms with Crippen molar-refractivity contribution in [3.05, 3.63) is 36.2 Å². The van der Waals surface area contributed by atoms with Crippen LogP contribution in [0.25, 0.3) is 11.0 Å². The number of nitrogens with one attached hydrogen (secondary N) is 2. The van der Waals surface area contributed by atoms with Crippen LogP contribution in [0.5, 0.6) is 0 Å². The van der Waals surface area contributed by atoms with E-state index in [0.717, 1.165) is 30.5 Å². The van der Waals surface area contributed by atoms with E-state index in [1.165, 1.54) is 6.42 Å². The highest BCUT2D eigenvalue weighted by Gasteiger charge is 2.21. The Balaban J connectivity index is 1.71. The van der Waals surface area contributed by atoms with E-state index < -0.39 is 0 Å². The van der Waals surface area contributed by atoms with Crippen molar-refractivity contribution >= 4 is 16.9 Å². The summed E-state index contributed by atoms with van der Waals surface area (Å²) in [4.78, 5) is 20.8. The average Bonchev–Trinajstić information content (AvgIpc) is 2.55. The van der Waals surface area contributed by atoms with Gasteiger partial charge in [0, 0.05) is 24.0 Å². The van der Waals surface area contributed by atoms with Crippen molar-refractivity contribution < 1.29 is 4.79 Å². The Labute approximate surface area is 124 Å². The third kappa shape index (κ3) is 3.19. The van der Waals surface area contributed by atoms with Crippen LogP contribution in [0, 0.1) is 5.92 Å². The van der Waals surface area contributed by atoms with Crippen LogP contribution in [0.15, 0.2) is 30.6 Å². The zero-order valence-electron chi connectivity index (χ0n) is 12.2. The lowest BCUT2D eigenvalue weighted by Gasteiger charge is -2.28. The number of hydrogen-bond acceptors (Lipinski definition) is 4. The molecule has 2 heterocycles. The summed E-state index contributed by atoms with van der Waals surface area (Å²) in [5.74, 6) is 0.462. The van der Waals surface area contributed by atoms with E-state index in [1.807, 2.05) is 6.07 Å². The molecule has 1 aromatic carbocycles. The highest BCUT2D eigenvalue weighted by atomic mass is 16.1. The predicted octanol–water partition coefficient (Wildman–Crippen LogP) is 1.75. The summed E-state index contributed by atoms with van der Waals surface area (Å²) in [5.41, 5.74) is 2.19. The minimum Gasteiger partial charge on any atom is -0.349 e. The van der Waals surface area contributed by atoms with Gasteiger partial charge in [0.25, 0.3) is 5.91 Å². The maximum absolute atomic E-state index is 12.4. The molecule has 0 aliphatic carbocycles. The van der Waals surface area contributed by atoms with Crippen LogP contribution in [-0.2, 0) is 0 Å². The number of aromatic nitrogens is 2. The molecule has 5 nitrogen and oxygen atoms in total. The Bertz CT molecular complexity index is 637. The molecule has 3 rings (SSSR count). The van der Waals surface area contributed by atoms with Crippen LogP contribution in [0.4, 0.5) is 0 Å². The van der Waals surface area contributed by atoms with Crippen molar-refractivity contribution in [3.8, 4) is 0 Å². The topological polar surface area (TPSA) is 66.9 Å². The van der Waals surface area contributed by atoms with Crippen molar-refractivity contribution in [2.45, 2.75) is 25.8 Å². The van der Waals surface area contributed by atoms with E-state index in [9.17, 15) is 4.79 Å². The first-order chi connectivity index (χ1) is 10.2. The van der Waals surface area contributed by atoms with E-state index in [-0.39, 0.29) is 11.9 Å².